The number of aromatic nitrogens is 2. The number of nitrogens with zero attached hydrogens (tertiary/aromatic N) is 2. The maximum absolute atomic E-state index is 11.8. The van der Waals surface area contributed by atoms with E-state index >= 15 is 0 Å². The van der Waals surface area contributed by atoms with Crippen LogP contribution in [0.4, 0.5) is 0 Å². The van der Waals surface area contributed by atoms with Crippen molar-refractivity contribution in [2.45, 2.75) is 13.0 Å². The van der Waals surface area contributed by atoms with Crippen LogP contribution in [-0.4, -0.2) is 28.3 Å². The first kappa shape index (κ1) is 16.1. The molecule has 0 saturated carbocycles. The first-order chi connectivity index (χ1) is 10.6. The van der Waals surface area contributed by atoms with Gasteiger partial charge in [0, 0.05) is 48.8 Å². The third-order valence-corrected chi connectivity index (χ3v) is 3.28. The third kappa shape index (κ3) is 5.25. The van der Waals surface area contributed by atoms with E-state index in [1.165, 1.54) is 6.20 Å². The summed E-state index contributed by atoms with van der Waals surface area (Å²) in [6, 6.07) is 5.34. The Labute approximate surface area is 136 Å². The molecule has 0 aliphatic rings. The SMILES string of the molecule is O=C(CCNC(=O)c1cncc(Br)c1)NCc1ccncc1. The zero-order valence-electron chi connectivity index (χ0n) is 11.8. The molecule has 6 nitrogen and oxygen atoms in total. The van der Waals surface area contributed by atoms with Gasteiger partial charge in [-0.2, -0.15) is 0 Å². The average Bonchev–Trinajstić information content (AvgIpc) is 2.54. The summed E-state index contributed by atoms with van der Waals surface area (Å²) < 4.78 is 0.732. The summed E-state index contributed by atoms with van der Waals surface area (Å²) in [5.74, 6) is -0.375. The van der Waals surface area contributed by atoms with Gasteiger partial charge < -0.3 is 10.6 Å². The van der Waals surface area contributed by atoms with Gasteiger partial charge in [0.25, 0.3) is 5.91 Å². The number of pyridine rings is 2. The van der Waals surface area contributed by atoms with Crippen LogP contribution in [0.25, 0.3) is 0 Å². The minimum Gasteiger partial charge on any atom is -0.352 e. The van der Waals surface area contributed by atoms with Crippen molar-refractivity contribution < 1.29 is 9.59 Å². The smallest absolute Gasteiger partial charge is 0.252 e. The van der Waals surface area contributed by atoms with Crippen molar-refractivity contribution in [2.75, 3.05) is 6.54 Å². The Morgan fingerprint density at radius 2 is 1.86 bits per heavy atom. The zero-order chi connectivity index (χ0) is 15.8. The number of rotatable bonds is 6. The van der Waals surface area contributed by atoms with E-state index in [1.54, 1.807) is 24.7 Å². The van der Waals surface area contributed by atoms with Crippen LogP contribution in [0.1, 0.15) is 22.3 Å². The molecule has 2 rings (SSSR count). The standard InChI is InChI=1S/C15H15BrN4O2/c16-13-7-12(9-18-10-13)15(22)19-6-3-14(21)20-8-11-1-4-17-5-2-11/h1-2,4-5,7,9-10H,3,6,8H2,(H,19,22)(H,20,21). The molecule has 7 heteroatoms. The normalized spacial score (nSPS) is 10.0. The molecule has 0 bridgehead atoms. The molecule has 2 heterocycles. The van der Waals surface area contributed by atoms with Gasteiger partial charge in [-0.25, -0.2) is 0 Å². The fourth-order valence-corrected chi connectivity index (χ4v) is 2.08. The Morgan fingerprint density at radius 3 is 2.59 bits per heavy atom. The summed E-state index contributed by atoms with van der Waals surface area (Å²) in [5, 5.41) is 5.47. The Balaban J connectivity index is 1.69. The first-order valence-corrected chi connectivity index (χ1v) is 7.49. The summed E-state index contributed by atoms with van der Waals surface area (Å²) >= 11 is 3.25. The number of halogens is 1. The van der Waals surface area contributed by atoms with Gasteiger partial charge in [-0.15, -0.1) is 0 Å². The van der Waals surface area contributed by atoms with Crippen LogP contribution in [0.15, 0.2) is 47.5 Å². The van der Waals surface area contributed by atoms with Crippen molar-refractivity contribution in [1.29, 1.82) is 0 Å². The topological polar surface area (TPSA) is 84.0 Å². The van der Waals surface area contributed by atoms with Gasteiger partial charge in [0.2, 0.25) is 5.91 Å². The second kappa shape index (κ2) is 8.23. The highest BCUT2D eigenvalue weighted by Gasteiger charge is 2.07. The molecule has 0 radical (unpaired) electrons. The Kier molecular flexibility index (Phi) is 6.02. The Bertz CT molecular complexity index is 649. The Hall–Kier alpha value is -2.28. The highest BCUT2D eigenvalue weighted by atomic mass is 79.9. The molecule has 0 aliphatic carbocycles. The lowest BCUT2D eigenvalue weighted by atomic mass is 10.2. The van der Waals surface area contributed by atoms with Crippen molar-refractivity contribution in [3.05, 3.63) is 58.6 Å². The summed E-state index contributed by atoms with van der Waals surface area (Å²) in [6.45, 7) is 0.721. The molecule has 2 aromatic heterocycles. The van der Waals surface area contributed by atoms with Crippen molar-refractivity contribution in [3.63, 3.8) is 0 Å². The molecule has 0 saturated heterocycles. The number of carbonyl (C=O) groups is 2. The summed E-state index contributed by atoms with van der Waals surface area (Å²) in [7, 11) is 0. The van der Waals surface area contributed by atoms with Gasteiger partial charge >= 0.3 is 0 Å². The molecular weight excluding hydrogens is 348 g/mol. The summed E-state index contributed by atoms with van der Waals surface area (Å²) in [5.41, 5.74) is 1.43. The molecule has 0 aromatic carbocycles. The maximum atomic E-state index is 11.8. The summed E-state index contributed by atoms with van der Waals surface area (Å²) in [6.07, 6.45) is 6.65. The predicted octanol–water partition coefficient (Wildman–Crippen LogP) is 1.68. The molecule has 2 amide bonds. The van der Waals surface area contributed by atoms with Crippen LogP contribution >= 0.6 is 15.9 Å². The van der Waals surface area contributed by atoms with Crippen LogP contribution in [0.3, 0.4) is 0 Å². The number of nitrogens with one attached hydrogen (secondary N) is 2. The predicted molar refractivity (Wildman–Crippen MR) is 85.0 cm³/mol. The molecule has 0 atom stereocenters. The monoisotopic (exact) mass is 362 g/mol. The quantitative estimate of drug-likeness (QED) is 0.818. The summed E-state index contributed by atoms with van der Waals surface area (Å²) in [4.78, 5) is 31.4. The van der Waals surface area contributed by atoms with Gasteiger partial charge in [-0.3, -0.25) is 19.6 Å². The van der Waals surface area contributed by atoms with E-state index < -0.39 is 0 Å². The van der Waals surface area contributed by atoms with Gasteiger partial charge in [0.1, 0.15) is 0 Å². The molecule has 2 aromatic rings. The second-order valence-corrected chi connectivity index (χ2v) is 5.45. The average molecular weight is 363 g/mol. The molecular formula is C15H15BrN4O2. The van der Waals surface area contributed by atoms with Gasteiger partial charge in [-0.1, -0.05) is 0 Å². The zero-order valence-corrected chi connectivity index (χ0v) is 13.3. The van der Waals surface area contributed by atoms with Crippen LogP contribution < -0.4 is 10.6 Å². The highest BCUT2D eigenvalue weighted by molar-refractivity contribution is 9.10. The van der Waals surface area contributed by atoms with Gasteiger partial charge in [0.15, 0.2) is 0 Å². The minimum absolute atomic E-state index is 0.121. The van der Waals surface area contributed by atoms with Crippen LogP contribution in [0.5, 0.6) is 0 Å². The fraction of sp³-hybridized carbons (Fsp3) is 0.200. The minimum atomic E-state index is -0.254. The third-order valence-electron chi connectivity index (χ3n) is 2.84. The molecule has 0 fully saturated rings. The molecule has 114 valence electrons. The lowest BCUT2D eigenvalue weighted by Crippen LogP contribution is -2.30. The fourth-order valence-electron chi connectivity index (χ4n) is 1.72. The van der Waals surface area contributed by atoms with E-state index in [4.69, 9.17) is 0 Å². The van der Waals surface area contributed by atoms with Crippen molar-refractivity contribution in [1.82, 2.24) is 20.6 Å². The first-order valence-electron chi connectivity index (χ1n) is 6.69. The van der Waals surface area contributed by atoms with E-state index in [0.29, 0.717) is 12.1 Å². The largest absolute Gasteiger partial charge is 0.352 e. The van der Waals surface area contributed by atoms with Crippen molar-refractivity contribution in [3.8, 4) is 0 Å². The van der Waals surface area contributed by atoms with E-state index in [-0.39, 0.29) is 24.8 Å². The van der Waals surface area contributed by atoms with E-state index in [2.05, 4.69) is 36.5 Å². The van der Waals surface area contributed by atoms with Crippen LogP contribution in [0, 0.1) is 0 Å². The van der Waals surface area contributed by atoms with E-state index in [0.717, 1.165) is 10.0 Å². The lowest BCUT2D eigenvalue weighted by molar-refractivity contribution is -0.121. The maximum Gasteiger partial charge on any atom is 0.252 e. The number of hydrogen-bond donors (Lipinski definition) is 2. The van der Waals surface area contributed by atoms with Crippen molar-refractivity contribution >= 4 is 27.7 Å². The second-order valence-electron chi connectivity index (χ2n) is 4.53. The van der Waals surface area contributed by atoms with Gasteiger partial charge in [-0.05, 0) is 39.7 Å². The Morgan fingerprint density at radius 1 is 1.09 bits per heavy atom. The molecule has 22 heavy (non-hydrogen) atoms. The van der Waals surface area contributed by atoms with E-state index in [1.807, 2.05) is 12.1 Å². The van der Waals surface area contributed by atoms with Gasteiger partial charge in [0.05, 0.1) is 5.56 Å². The molecule has 2 N–H and O–H groups in total. The molecule has 0 unspecified atom stereocenters. The number of carbonyl (C=O) groups excluding carboxylic acids is 2. The number of amides is 2. The van der Waals surface area contributed by atoms with Crippen molar-refractivity contribution in [2.24, 2.45) is 0 Å². The molecule has 0 spiro atoms. The van der Waals surface area contributed by atoms with Crippen LogP contribution in [0.2, 0.25) is 0 Å². The number of hydrogen-bond acceptors (Lipinski definition) is 4. The lowest BCUT2D eigenvalue weighted by Gasteiger charge is -2.07. The van der Waals surface area contributed by atoms with Crippen LogP contribution in [-0.2, 0) is 11.3 Å². The molecule has 0 aliphatic heterocycles. The highest BCUT2D eigenvalue weighted by Crippen LogP contribution is 2.09. The van der Waals surface area contributed by atoms with E-state index in [9.17, 15) is 9.59 Å².